The molecule has 0 aromatic heterocycles. The summed E-state index contributed by atoms with van der Waals surface area (Å²) >= 11 is 0. The molecule has 1 aliphatic rings. The van der Waals surface area contributed by atoms with E-state index in [-0.39, 0.29) is 0 Å². The molecule has 1 atom stereocenters. The van der Waals surface area contributed by atoms with Crippen LogP contribution < -0.4 is 4.90 Å². The van der Waals surface area contributed by atoms with Crippen LogP contribution >= 0.6 is 0 Å². The number of allylic oxidation sites excluding steroid dienone is 1. The normalized spacial score (nSPS) is 15.7. The smallest absolute Gasteiger partial charge is 0.0493 e. The van der Waals surface area contributed by atoms with E-state index >= 15 is 0 Å². The van der Waals surface area contributed by atoms with Crippen molar-refractivity contribution in [1.29, 1.82) is 0 Å². The van der Waals surface area contributed by atoms with E-state index in [1.807, 2.05) is 0 Å². The quantitative estimate of drug-likeness (QED) is 0.361. The third-order valence-corrected chi connectivity index (χ3v) is 6.04. The molecule has 0 fully saturated rings. The number of benzene rings is 4. The van der Waals surface area contributed by atoms with Gasteiger partial charge in [-0.3, -0.25) is 0 Å². The minimum absolute atomic E-state index is 0.538. The fourth-order valence-corrected chi connectivity index (χ4v) is 4.73. The highest BCUT2D eigenvalue weighted by atomic mass is 15.1. The molecule has 0 spiro atoms. The van der Waals surface area contributed by atoms with Crippen LogP contribution in [0.5, 0.6) is 0 Å². The first kappa shape index (κ1) is 17.1. The average molecular weight is 364 g/mol. The van der Waals surface area contributed by atoms with Crippen molar-refractivity contribution in [2.75, 3.05) is 11.4 Å². The van der Waals surface area contributed by atoms with Crippen LogP contribution in [0.25, 0.3) is 27.6 Å². The van der Waals surface area contributed by atoms with E-state index in [1.54, 1.807) is 0 Å². The topological polar surface area (TPSA) is 3.24 Å². The van der Waals surface area contributed by atoms with E-state index in [0.29, 0.717) is 5.92 Å². The van der Waals surface area contributed by atoms with Crippen molar-refractivity contribution in [3.8, 4) is 0 Å². The molecule has 5 rings (SSSR count). The second-order valence-electron chi connectivity index (χ2n) is 7.73. The van der Waals surface area contributed by atoms with Crippen LogP contribution in [-0.2, 0) is 0 Å². The van der Waals surface area contributed by atoms with Gasteiger partial charge in [0.2, 0.25) is 0 Å². The van der Waals surface area contributed by atoms with Gasteiger partial charge in [-0.1, -0.05) is 79.7 Å². The predicted octanol–water partition coefficient (Wildman–Crippen LogP) is 7.67. The van der Waals surface area contributed by atoms with E-state index in [1.165, 1.54) is 44.0 Å². The van der Waals surface area contributed by atoms with Crippen LogP contribution in [-0.4, -0.2) is 6.54 Å². The van der Waals surface area contributed by atoms with Gasteiger partial charge in [0.1, 0.15) is 0 Å². The summed E-state index contributed by atoms with van der Waals surface area (Å²) in [4.78, 5) is 2.48. The number of nitrogens with zero attached hydrogens (tertiary/aromatic N) is 1. The van der Waals surface area contributed by atoms with Gasteiger partial charge in [-0.2, -0.15) is 0 Å². The first-order chi connectivity index (χ1) is 13.8. The average Bonchev–Trinajstić information content (AvgIpc) is 2.74. The van der Waals surface area contributed by atoms with Gasteiger partial charge in [0.25, 0.3) is 0 Å². The van der Waals surface area contributed by atoms with Crippen molar-refractivity contribution in [3.05, 3.63) is 90.0 Å². The summed E-state index contributed by atoms with van der Waals surface area (Å²) < 4.78 is 0. The molecule has 1 aliphatic carbocycles. The number of anilines is 2. The highest BCUT2D eigenvalue weighted by Gasteiger charge is 2.22. The maximum absolute atomic E-state index is 2.48. The second kappa shape index (κ2) is 6.83. The Labute approximate surface area is 166 Å². The number of rotatable bonds is 3. The lowest BCUT2D eigenvalue weighted by Gasteiger charge is -2.31. The predicted molar refractivity (Wildman–Crippen MR) is 123 cm³/mol. The van der Waals surface area contributed by atoms with Gasteiger partial charge in [-0.05, 0) is 53.1 Å². The Hall–Kier alpha value is -3.06. The maximum Gasteiger partial charge on any atom is 0.0493 e. The van der Waals surface area contributed by atoms with Crippen molar-refractivity contribution in [3.63, 3.8) is 0 Å². The van der Waals surface area contributed by atoms with Crippen LogP contribution in [0.15, 0.2) is 78.9 Å². The Bertz CT molecular complexity index is 1200. The first-order valence-corrected chi connectivity index (χ1v) is 10.3. The van der Waals surface area contributed by atoms with Crippen LogP contribution in [0.4, 0.5) is 11.4 Å². The molecule has 0 radical (unpaired) electrons. The summed E-state index contributed by atoms with van der Waals surface area (Å²) in [7, 11) is 0. The molecule has 0 amide bonds. The Morgan fingerprint density at radius 1 is 0.821 bits per heavy atom. The molecule has 4 aromatic carbocycles. The molecule has 28 heavy (non-hydrogen) atoms. The highest BCUT2D eigenvalue weighted by molar-refractivity contribution is 6.00. The van der Waals surface area contributed by atoms with Crippen molar-refractivity contribution in [1.82, 2.24) is 0 Å². The molecule has 1 heteroatoms. The van der Waals surface area contributed by atoms with Crippen LogP contribution in [0.2, 0.25) is 0 Å². The summed E-state index contributed by atoms with van der Waals surface area (Å²) in [6, 6.07) is 26.5. The van der Waals surface area contributed by atoms with E-state index in [2.05, 4.69) is 104 Å². The van der Waals surface area contributed by atoms with Gasteiger partial charge in [0, 0.05) is 28.9 Å². The molecule has 138 valence electrons. The maximum atomic E-state index is 2.48. The summed E-state index contributed by atoms with van der Waals surface area (Å²) in [5.74, 6) is 0.538. The van der Waals surface area contributed by atoms with Crippen LogP contribution in [0.3, 0.4) is 0 Å². The molecular formula is C27H25N. The van der Waals surface area contributed by atoms with Crippen LogP contribution in [0, 0.1) is 0 Å². The standard InChI is InChI=1S/C27H25N/c1-3-28(25-17-9-13-20-11-4-6-14-22(20)25)26-18-21-12-5-7-15-23(21)27-19(2)10-8-16-24(26)27/h4-9,11-19H,3,10H2,1-2H3. The Morgan fingerprint density at radius 2 is 1.54 bits per heavy atom. The summed E-state index contributed by atoms with van der Waals surface area (Å²) in [5, 5.41) is 5.32. The molecule has 0 saturated heterocycles. The number of hydrogen-bond acceptors (Lipinski definition) is 1. The van der Waals surface area contributed by atoms with Gasteiger partial charge < -0.3 is 4.90 Å². The lowest BCUT2D eigenvalue weighted by atomic mass is 9.83. The lowest BCUT2D eigenvalue weighted by Crippen LogP contribution is -2.19. The molecular weight excluding hydrogens is 338 g/mol. The summed E-state index contributed by atoms with van der Waals surface area (Å²) in [5.41, 5.74) is 5.47. The van der Waals surface area contributed by atoms with Gasteiger partial charge in [0.05, 0.1) is 0 Å². The fourth-order valence-electron chi connectivity index (χ4n) is 4.73. The largest absolute Gasteiger partial charge is 0.341 e. The molecule has 0 bridgehead atoms. The zero-order chi connectivity index (χ0) is 19.1. The Kier molecular flexibility index (Phi) is 4.16. The Morgan fingerprint density at radius 3 is 2.36 bits per heavy atom. The SMILES string of the molecule is CCN(c1cc2ccccc2c2c1C=CCC2C)c1cccc2ccccc12. The molecule has 1 nitrogen and oxygen atoms in total. The fraction of sp³-hybridized carbons (Fsp3) is 0.185. The van der Waals surface area contributed by atoms with E-state index in [4.69, 9.17) is 0 Å². The monoisotopic (exact) mass is 363 g/mol. The lowest BCUT2D eigenvalue weighted by molar-refractivity contribution is 0.778. The molecule has 0 aliphatic heterocycles. The number of fused-ring (bicyclic) bond motifs is 4. The first-order valence-electron chi connectivity index (χ1n) is 10.3. The molecule has 4 aromatic rings. The van der Waals surface area contributed by atoms with E-state index < -0.39 is 0 Å². The molecule has 1 unspecified atom stereocenters. The van der Waals surface area contributed by atoms with Crippen molar-refractivity contribution < 1.29 is 0 Å². The summed E-state index contributed by atoms with van der Waals surface area (Å²) in [6.07, 6.45) is 5.79. The zero-order valence-electron chi connectivity index (χ0n) is 16.5. The number of hydrogen-bond donors (Lipinski definition) is 0. The van der Waals surface area contributed by atoms with Crippen LogP contribution in [0.1, 0.15) is 37.3 Å². The third-order valence-electron chi connectivity index (χ3n) is 6.04. The van der Waals surface area contributed by atoms with Gasteiger partial charge in [0.15, 0.2) is 0 Å². The van der Waals surface area contributed by atoms with E-state index in [0.717, 1.165) is 13.0 Å². The van der Waals surface area contributed by atoms with Gasteiger partial charge in [-0.15, -0.1) is 0 Å². The van der Waals surface area contributed by atoms with Gasteiger partial charge in [-0.25, -0.2) is 0 Å². The van der Waals surface area contributed by atoms with Crippen molar-refractivity contribution >= 4 is 39.0 Å². The van der Waals surface area contributed by atoms with Crippen molar-refractivity contribution in [2.24, 2.45) is 0 Å². The molecule has 0 heterocycles. The Balaban J connectivity index is 1.81. The molecule has 0 N–H and O–H groups in total. The minimum Gasteiger partial charge on any atom is -0.341 e. The zero-order valence-corrected chi connectivity index (χ0v) is 16.5. The van der Waals surface area contributed by atoms with Crippen molar-refractivity contribution in [2.45, 2.75) is 26.2 Å². The molecule has 0 saturated carbocycles. The third kappa shape index (κ3) is 2.62. The minimum atomic E-state index is 0.538. The summed E-state index contributed by atoms with van der Waals surface area (Å²) in [6.45, 7) is 5.53. The van der Waals surface area contributed by atoms with Gasteiger partial charge >= 0.3 is 0 Å². The highest BCUT2D eigenvalue weighted by Crippen LogP contribution is 2.43. The van der Waals surface area contributed by atoms with E-state index in [9.17, 15) is 0 Å². The second-order valence-corrected chi connectivity index (χ2v) is 7.73.